The van der Waals surface area contributed by atoms with Gasteiger partial charge in [0.25, 0.3) is 0 Å². The molecule has 0 heterocycles. The van der Waals surface area contributed by atoms with Crippen molar-refractivity contribution < 1.29 is 23.9 Å². The molecule has 2 rings (SSSR count). The Bertz CT molecular complexity index is 858. The second kappa shape index (κ2) is 11.7. The molecule has 0 fully saturated rings. The Morgan fingerprint density at radius 1 is 0.806 bits per heavy atom. The Morgan fingerprint density at radius 3 is 1.74 bits per heavy atom. The minimum Gasteiger partial charge on any atom is -0.428 e. The maximum atomic E-state index is 12.8. The van der Waals surface area contributed by atoms with Crippen LogP contribution in [0.25, 0.3) is 0 Å². The Hall–Kier alpha value is -2.66. The number of ether oxygens (including phenoxy) is 2. The van der Waals surface area contributed by atoms with Crippen LogP contribution in [0.15, 0.2) is 60.7 Å². The molecule has 0 radical (unpaired) electrons. The first-order valence-corrected chi connectivity index (χ1v) is 10.7. The van der Waals surface area contributed by atoms with Crippen molar-refractivity contribution in [1.29, 1.82) is 0 Å². The van der Waals surface area contributed by atoms with Crippen molar-refractivity contribution in [2.24, 2.45) is 17.3 Å². The fourth-order valence-corrected chi connectivity index (χ4v) is 3.30. The predicted octanol–water partition coefficient (Wildman–Crippen LogP) is 4.95. The van der Waals surface area contributed by atoms with E-state index in [9.17, 15) is 14.4 Å². The van der Waals surface area contributed by atoms with Gasteiger partial charge in [0.1, 0.15) is 0 Å². The summed E-state index contributed by atoms with van der Waals surface area (Å²) in [5.74, 6) is -2.13. The van der Waals surface area contributed by atoms with Gasteiger partial charge in [-0.1, -0.05) is 60.7 Å². The molecule has 31 heavy (non-hydrogen) atoms. The number of benzene rings is 2. The highest BCUT2D eigenvalue weighted by Crippen LogP contribution is 2.24. The summed E-state index contributed by atoms with van der Waals surface area (Å²) in [6.45, 7) is 4.69. The lowest BCUT2D eigenvalue weighted by atomic mass is 9.86. The first-order valence-electron chi connectivity index (χ1n) is 10.3. The SMILES string of the molecule is CC(C)(C)C(=O)OCOC(=O)C(Cc1ccccc1)CC(Cc1ccccc1)C(=O)Cl. The molecule has 166 valence electrons. The first-order chi connectivity index (χ1) is 14.7. The van der Waals surface area contributed by atoms with Crippen LogP contribution < -0.4 is 0 Å². The molecule has 0 N–H and O–H groups in total. The van der Waals surface area contributed by atoms with Crippen LogP contribution in [0.3, 0.4) is 0 Å². The van der Waals surface area contributed by atoms with E-state index < -0.39 is 41.2 Å². The van der Waals surface area contributed by atoms with Crippen molar-refractivity contribution in [3.8, 4) is 0 Å². The van der Waals surface area contributed by atoms with Gasteiger partial charge in [0.2, 0.25) is 12.0 Å². The van der Waals surface area contributed by atoms with Gasteiger partial charge in [0, 0.05) is 5.92 Å². The quantitative estimate of drug-likeness (QED) is 0.294. The summed E-state index contributed by atoms with van der Waals surface area (Å²) in [6.07, 6.45) is 1.06. The van der Waals surface area contributed by atoms with E-state index in [1.165, 1.54) is 0 Å². The molecule has 0 bridgehead atoms. The number of hydrogen-bond acceptors (Lipinski definition) is 5. The van der Waals surface area contributed by atoms with Crippen LogP contribution in [0.4, 0.5) is 0 Å². The van der Waals surface area contributed by atoms with Gasteiger partial charge in [0.15, 0.2) is 0 Å². The summed E-state index contributed by atoms with van der Waals surface area (Å²) >= 11 is 5.88. The summed E-state index contributed by atoms with van der Waals surface area (Å²) in [7, 11) is 0. The van der Waals surface area contributed by atoms with Crippen LogP contribution in [-0.4, -0.2) is 24.0 Å². The lowest BCUT2D eigenvalue weighted by molar-refractivity contribution is -0.175. The summed E-state index contributed by atoms with van der Waals surface area (Å²) in [4.78, 5) is 36.8. The number of carbonyl (C=O) groups excluding carboxylic acids is 3. The van der Waals surface area contributed by atoms with Crippen LogP contribution in [0.2, 0.25) is 0 Å². The second-order valence-corrected chi connectivity index (χ2v) is 8.95. The average Bonchev–Trinajstić information content (AvgIpc) is 2.73. The fourth-order valence-electron chi connectivity index (χ4n) is 3.14. The number of halogens is 1. The van der Waals surface area contributed by atoms with E-state index in [-0.39, 0.29) is 6.42 Å². The standard InChI is InChI=1S/C25H29ClO5/c1-25(2,3)24(29)31-17-30-23(28)21(15-19-12-8-5-9-13-19)16-20(22(26)27)14-18-10-6-4-7-11-18/h4-13,20-21H,14-17H2,1-3H3. The van der Waals surface area contributed by atoms with Gasteiger partial charge >= 0.3 is 11.9 Å². The minimum absolute atomic E-state index is 0.234. The van der Waals surface area contributed by atoms with Gasteiger partial charge in [-0.25, -0.2) is 0 Å². The van der Waals surface area contributed by atoms with Gasteiger partial charge in [-0.05, 0) is 62.8 Å². The largest absolute Gasteiger partial charge is 0.428 e. The number of rotatable bonds is 10. The normalized spacial score (nSPS) is 13.2. The molecule has 2 atom stereocenters. The number of esters is 2. The lowest BCUT2D eigenvalue weighted by Gasteiger charge is -2.21. The number of carbonyl (C=O) groups is 3. The summed E-state index contributed by atoms with van der Waals surface area (Å²) in [5, 5.41) is -0.492. The Labute approximate surface area is 188 Å². The third kappa shape index (κ3) is 8.54. The van der Waals surface area contributed by atoms with Crippen molar-refractivity contribution in [2.75, 3.05) is 6.79 Å². The Morgan fingerprint density at radius 2 is 1.29 bits per heavy atom. The zero-order chi connectivity index (χ0) is 22.9. The van der Waals surface area contributed by atoms with Crippen LogP contribution >= 0.6 is 11.6 Å². The highest BCUT2D eigenvalue weighted by molar-refractivity contribution is 6.64. The molecular formula is C25H29ClO5. The van der Waals surface area contributed by atoms with Crippen LogP contribution in [-0.2, 0) is 36.7 Å². The van der Waals surface area contributed by atoms with Crippen LogP contribution in [0.5, 0.6) is 0 Å². The molecular weight excluding hydrogens is 416 g/mol. The van der Waals surface area contributed by atoms with Gasteiger partial charge < -0.3 is 9.47 Å². The first kappa shape index (κ1) is 24.6. The zero-order valence-corrected chi connectivity index (χ0v) is 18.9. The molecule has 2 unspecified atom stereocenters. The highest BCUT2D eigenvalue weighted by atomic mass is 35.5. The molecule has 0 spiro atoms. The molecule has 5 nitrogen and oxygen atoms in total. The van der Waals surface area contributed by atoms with E-state index in [2.05, 4.69) is 0 Å². The summed E-state index contributed by atoms with van der Waals surface area (Å²) in [6, 6.07) is 19.0. The lowest BCUT2D eigenvalue weighted by Crippen LogP contribution is -2.29. The molecule has 0 saturated heterocycles. The van der Waals surface area contributed by atoms with Crippen molar-refractivity contribution in [2.45, 2.75) is 40.0 Å². The molecule has 0 aliphatic heterocycles. The van der Waals surface area contributed by atoms with Gasteiger partial charge in [-0.2, -0.15) is 0 Å². The molecule has 0 aromatic heterocycles. The van der Waals surface area contributed by atoms with E-state index in [1.54, 1.807) is 20.8 Å². The topological polar surface area (TPSA) is 69.7 Å². The maximum absolute atomic E-state index is 12.8. The number of hydrogen-bond donors (Lipinski definition) is 0. The third-order valence-corrected chi connectivity index (χ3v) is 5.19. The van der Waals surface area contributed by atoms with Crippen LogP contribution in [0.1, 0.15) is 38.3 Å². The smallest absolute Gasteiger partial charge is 0.314 e. The molecule has 0 aliphatic rings. The van der Waals surface area contributed by atoms with Crippen LogP contribution in [0, 0.1) is 17.3 Å². The maximum Gasteiger partial charge on any atom is 0.314 e. The molecule has 0 aliphatic carbocycles. The molecule has 2 aromatic rings. The zero-order valence-electron chi connectivity index (χ0n) is 18.2. The van der Waals surface area contributed by atoms with Crippen molar-refractivity contribution in [1.82, 2.24) is 0 Å². The summed E-state index contributed by atoms with van der Waals surface area (Å²) in [5.41, 5.74) is 1.21. The van der Waals surface area contributed by atoms with E-state index >= 15 is 0 Å². The van der Waals surface area contributed by atoms with Gasteiger partial charge in [-0.15, -0.1) is 0 Å². The second-order valence-electron chi connectivity index (χ2n) is 8.58. The molecule has 2 aromatic carbocycles. The molecule has 6 heteroatoms. The van der Waals surface area contributed by atoms with E-state index in [0.717, 1.165) is 11.1 Å². The van der Waals surface area contributed by atoms with E-state index in [4.69, 9.17) is 21.1 Å². The average molecular weight is 445 g/mol. The summed E-state index contributed by atoms with van der Waals surface area (Å²) < 4.78 is 10.3. The highest BCUT2D eigenvalue weighted by Gasteiger charge is 2.29. The van der Waals surface area contributed by atoms with Crippen molar-refractivity contribution >= 4 is 28.8 Å². The van der Waals surface area contributed by atoms with Crippen molar-refractivity contribution in [3.05, 3.63) is 71.8 Å². The fraction of sp³-hybridized carbons (Fsp3) is 0.400. The van der Waals surface area contributed by atoms with E-state index in [0.29, 0.717) is 12.8 Å². The minimum atomic E-state index is -0.693. The van der Waals surface area contributed by atoms with E-state index in [1.807, 2.05) is 60.7 Å². The third-order valence-electron chi connectivity index (χ3n) is 4.88. The van der Waals surface area contributed by atoms with Gasteiger partial charge in [0.05, 0.1) is 11.3 Å². The molecule has 0 saturated carbocycles. The monoisotopic (exact) mass is 444 g/mol. The Balaban J connectivity index is 2.10. The van der Waals surface area contributed by atoms with Gasteiger partial charge in [-0.3, -0.25) is 14.4 Å². The molecule has 0 amide bonds. The Kier molecular flexibility index (Phi) is 9.25. The predicted molar refractivity (Wildman–Crippen MR) is 119 cm³/mol. The van der Waals surface area contributed by atoms with Crippen molar-refractivity contribution in [3.63, 3.8) is 0 Å².